The van der Waals surface area contributed by atoms with Gasteiger partial charge in [-0.05, 0) is 47.8 Å². The van der Waals surface area contributed by atoms with Crippen LogP contribution in [0.25, 0.3) is 0 Å². The fraction of sp³-hybridized carbons (Fsp3) is 0.545. The molecule has 2 rings (SSSR count). The highest BCUT2D eigenvalue weighted by Gasteiger charge is 2.13. The predicted molar refractivity (Wildman–Crippen MR) is 64.1 cm³/mol. The first-order chi connectivity index (χ1) is 7.25. The van der Waals surface area contributed by atoms with Crippen LogP contribution in [-0.2, 0) is 4.74 Å². The molecule has 1 aromatic rings. The van der Waals surface area contributed by atoms with Crippen molar-refractivity contribution >= 4 is 21.7 Å². The zero-order valence-electron chi connectivity index (χ0n) is 8.79. The number of pyridine rings is 1. The van der Waals surface area contributed by atoms with E-state index in [0.29, 0.717) is 6.04 Å². The highest BCUT2D eigenvalue weighted by atomic mass is 79.9. The molecule has 1 aromatic heterocycles. The van der Waals surface area contributed by atoms with Gasteiger partial charge in [0.05, 0.1) is 18.3 Å². The summed E-state index contributed by atoms with van der Waals surface area (Å²) >= 11 is 3.44. The Kier molecular flexibility index (Phi) is 3.59. The monoisotopic (exact) mass is 270 g/mol. The third-order valence-electron chi connectivity index (χ3n) is 2.53. The van der Waals surface area contributed by atoms with E-state index in [2.05, 4.69) is 26.2 Å². The summed E-state index contributed by atoms with van der Waals surface area (Å²) in [5.74, 6) is 0.936. The minimum absolute atomic E-state index is 0.409. The Morgan fingerprint density at radius 2 is 2.40 bits per heavy atom. The second-order valence-corrected chi connectivity index (χ2v) is 4.68. The van der Waals surface area contributed by atoms with Gasteiger partial charge in [0.2, 0.25) is 0 Å². The van der Waals surface area contributed by atoms with Crippen LogP contribution in [0.4, 0.5) is 5.82 Å². The van der Waals surface area contributed by atoms with E-state index < -0.39 is 0 Å². The van der Waals surface area contributed by atoms with E-state index in [-0.39, 0.29) is 0 Å². The Morgan fingerprint density at radius 3 is 3.07 bits per heavy atom. The van der Waals surface area contributed by atoms with E-state index in [9.17, 15) is 0 Å². The molecule has 0 radical (unpaired) electrons. The Morgan fingerprint density at radius 1 is 1.53 bits per heavy atom. The summed E-state index contributed by atoms with van der Waals surface area (Å²) in [6, 6.07) is 4.42. The molecule has 0 aliphatic carbocycles. The zero-order chi connectivity index (χ0) is 10.7. The number of rotatable bonds is 2. The van der Waals surface area contributed by atoms with Crippen molar-refractivity contribution in [3.05, 3.63) is 22.3 Å². The molecule has 1 N–H and O–H groups in total. The lowest BCUT2D eigenvalue weighted by atomic mass is 10.1. The van der Waals surface area contributed by atoms with Crippen LogP contribution in [-0.4, -0.2) is 24.2 Å². The number of nitrogens with one attached hydrogen (secondary N) is 1. The van der Waals surface area contributed by atoms with E-state index in [1.807, 2.05) is 19.1 Å². The third kappa shape index (κ3) is 2.92. The van der Waals surface area contributed by atoms with E-state index in [1.165, 1.54) is 0 Å². The minimum Gasteiger partial charge on any atom is -0.379 e. The molecule has 1 unspecified atom stereocenters. The van der Waals surface area contributed by atoms with Gasteiger partial charge < -0.3 is 10.1 Å². The smallest absolute Gasteiger partial charge is 0.126 e. The van der Waals surface area contributed by atoms with Crippen molar-refractivity contribution in [3.8, 4) is 0 Å². The van der Waals surface area contributed by atoms with Gasteiger partial charge >= 0.3 is 0 Å². The van der Waals surface area contributed by atoms with Gasteiger partial charge in [0.15, 0.2) is 0 Å². The maximum absolute atomic E-state index is 5.41. The van der Waals surface area contributed by atoms with Crippen LogP contribution in [0, 0.1) is 6.92 Å². The van der Waals surface area contributed by atoms with Crippen molar-refractivity contribution < 1.29 is 4.74 Å². The number of halogens is 1. The molecule has 1 aliphatic rings. The van der Waals surface area contributed by atoms with Gasteiger partial charge in [-0.1, -0.05) is 0 Å². The normalized spacial score (nSPS) is 21.3. The van der Waals surface area contributed by atoms with Crippen LogP contribution in [0.15, 0.2) is 16.6 Å². The molecule has 1 aliphatic heterocycles. The number of nitrogens with zero attached hydrogens (tertiary/aromatic N) is 1. The summed E-state index contributed by atoms with van der Waals surface area (Å²) in [5.41, 5.74) is 1.01. The second-order valence-electron chi connectivity index (χ2n) is 3.82. The van der Waals surface area contributed by atoms with Gasteiger partial charge in [-0.2, -0.15) is 0 Å². The summed E-state index contributed by atoms with van der Waals surface area (Å²) in [6.07, 6.45) is 2.30. The van der Waals surface area contributed by atoms with Gasteiger partial charge in [0.25, 0.3) is 0 Å². The van der Waals surface area contributed by atoms with Gasteiger partial charge in [-0.15, -0.1) is 0 Å². The quantitative estimate of drug-likeness (QED) is 0.898. The zero-order valence-corrected chi connectivity index (χ0v) is 10.4. The standard InChI is InChI=1S/C11H15BrN2O/c1-8-10(12)4-5-11(13-8)14-9-3-2-6-15-7-9/h4-5,9H,2-3,6-7H2,1H3,(H,13,14). The summed E-state index contributed by atoms with van der Waals surface area (Å²) in [4.78, 5) is 4.45. The lowest BCUT2D eigenvalue weighted by molar-refractivity contribution is 0.0875. The topological polar surface area (TPSA) is 34.2 Å². The van der Waals surface area contributed by atoms with Crippen molar-refractivity contribution in [2.24, 2.45) is 0 Å². The van der Waals surface area contributed by atoms with Gasteiger partial charge in [-0.3, -0.25) is 0 Å². The number of hydrogen-bond acceptors (Lipinski definition) is 3. The molecule has 1 atom stereocenters. The van der Waals surface area contributed by atoms with Crippen LogP contribution < -0.4 is 5.32 Å². The highest BCUT2D eigenvalue weighted by Crippen LogP contribution is 2.18. The minimum atomic E-state index is 0.409. The van der Waals surface area contributed by atoms with Gasteiger partial charge in [0, 0.05) is 11.1 Å². The first-order valence-corrected chi connectivity index (χ1v) is 6.02. The van der Waals surface area contributed by atoms with Crippen molar-refractivity contribution in [1.29, 1.82) is 0 Å². The lowest BCUT2D eigenvalue weighted by Gasteiger charge is -2.23. The molecular formula is C11H15BrN2O. The molecule has 2 heterocycles. The van der Waals surface area contributed by atoms with Gasteiger partial charge in [0.1, 0.15) is 5.82 Å². The Labute approximate surface area is 98.4 Å². The average molecular weight is 271 g/mol. The summed E-state index contributed by atoms with van der Waals surface area (Å²) in [7, 11) is 0. The van der Waals surface area contributed by atoms with E-state index in [1.54, 1.807) is 0 Å². The van der Waals surface area contributed by atoms with E-state index >= 15 is 0 Å². The van der Waals surface area contributed by atoms with Crippen LogP contribution >= 0.6 is 15.9 Å². The largest absolute Gasteiger partial charge is 0.379 e. The third-order valence-corrected chi connectivity index (χ3v) is 3.37. The van der Waals surface area contributed by atoms with Crippen LogP contribution in [0.3, 0.4) is 0 Å². The number of anilines is 1. The first kappa shape index (κ1) is 10.9. The number of aromatic nitrogens is 1. The second kappa shape index (κ2) is 4.94. The molecule has 0 bridgehead atoms. The molecule has 3 nitrogen and oxygen atoms in total. The van der Waals surface area contributed by atoms with Crippen LogP contribution in [0.1, 0.15) is 18.5 Å². The summed E-state index contributed by atoms with van der Waals surface area (Å²) in [5, 5.41) is 3.39. The highest BCUT2D eigenvalue weighted by molar-refractivity contribution is 9.10. The fourth-order valence-corrected chi connectivity index (χ4v) is 1.91. The van der Waals surface area contributed by atoms with E-state index in [4.69, 9.17) is 4.74 Å². The SMILES string of the molecule is Cc1nc(NC2CCCOC2)ccc1Br. The molecular weight excluding hydrogens is 256 g/mol. The Balaban J connectivity index is 2.00. The predicted octanol–water partition coefficient (Wildman–Crippen LogP) is 2.74. The molecule has 82 valence electrons. The molecule has 0 spiro atoms. The molecule has 0 aromatic carbocycles. The maximum atomic E-state index is 5.41. The Hall–Kier alpha value is -0.610. The first-order valence-electron chi connectivity index (χ1n) is 5.23. The van der Waals surface area contributed by atoms with Crippen molar-refractivity contribution in [2.75, 3.05) is 18.5 Å². The van der Waals surface area contributed by atoms with Crippen molar-refractivity contribution in [3.63, 3.8) is 0 Å². The summed E-state index contributed by atoms with van der Waals surface area (Å²) in [6.45, 7) is 3.67. The number of ether oxygens (including phenoxy) is 1. The van der Waals surface area contributed by atoms with Crippen LogP contribution in [0.5, 0.6) is 0 Å². The van der Waals surface area contributed by atoms with Crippen LogP contribution in [0.2, 0.25) is 0 Å². The number of aryl methyl sites for hydroxylation is 1. The van der Waals surface area contributed by atoms with Gasteiger partial charge in [-0.25, -0.2) is 4.98 Å². The molecule has 1 saturated heterocycles. The molecule has 4 heteroatoms. The summed E-state index contributed by atoms with van der Waals surface area (Å²) < 4.78 is 6.46. The molecule has 1 fully saturated rings. The molecule has 0 amide bonds. The maximum Gasteiger partial charge on any atom is 0.126 e. The van der Waals surface area contributed by atoms with Crippen molar-refractivity contribution in [2.45, 2.75) is 25.8 Å². The molecule has 15 heavy (non-hydrogen) atoms. The van der Waals surface area contributed by atoms with E-state index in [0.717, 1.165) is 42.0 Å². The van der Waals surface area contributed by atoms with Crippen molar-refractivity contribution in [1.82, 2.24) is 4.98 Å². The average Bonchev–Trinajstić information content (AvgIpc) is 2.25. The Bertz CT molecular complexity index is 337. The fourth-order valence-electron chi connectivity index (χ4n) is 1.69. The molecule has 0 saturated carbocycles. The lowest BCUT2D eigenvalue weighted by Crippen LogP contribution is -2.30. The number of hydrogen-bond donors (Lipinski definition) is 1.